The van der Waals surface area contributed by atoms with E-state index in [2.05, 4.69) is 48.5 Å². The predicted octanol–water partition coefficient (Wildman–Crippen LogP) is 26.5. The van der Waals surface area contributed by atoms with Gasteiger partial charge in [0.15, 0.2) is 12.2 Å². The second-order valence-corrected chi connectivity index (χ2v) is 35.4. The van der Waals surface area contributed by atoms with E-state index in [1.165, 1.54) is 263 Å². The van der Waals surface area contributed by atoms with Crippen LogP contribution in [0, 0.1) is 17.8 Å². The number of rotatable bonds is 85. The Bertz CT molecular complexity index is 2050. The lowest BCUT2D eigenvalue weighted by Crippen LogP contribution is -2.30. The van der Waals surface area contributed by atoms with E-state index >= 15 is 0 Å². The number of phosphoric ester groups is 2. The Morgan fingerprint density at radius 1 is 0.274 bits per heavy atom. The van der Waals surface area contributed by atoms with Crippen LogP contribution >= 0.6 is 15.6 Å². The molecule has 0 aromatic rings. The van der Waals surface area contributed by atoms with Gasteiger partial charge in [0.05, 0.1) is 26.4 Å². The van der Waals surface area contributed by atoms with Gasteiger partial charge in [-0.05, 0) is 43.4 Å². The monoisotopic (exact) mass is 1550 g/mol. The second kappa shape index (κ2) is 77.0. The Morgan fingerprint density at radius 3 is 0.717 bits per heavy atom. The van der Waals surface area contributed by atoms with Crippen molar-refractivity contribution in [3.05, 3.63) is 0 Å². The third kappa shape index (κ3) is 78.7. The number of hydrogen-bond donors (Lipinski definition) is 3. The van der Waals surface area contributed by atoms with Crippen LogP contribution in [0.3, 0.4) is 0 Å². The number of aliphatic hydroxyl groups is 1. The fourth-order valence-electron chi connectivity index (χ4n) is 13.5. The van der Waals surface area contributed by atoms with Crippen molar-refractivity contribution in [3.8, 4) is 0 Å². The Hall–Kier alpha value is -1.94. The van der Waals surface area contributed by atoms with Crippen molar-refractivity contribution in [2.24, 2.45) is 17.8 Å². The molecule has 19 heteroatoms. The largest absolute Gasteiger partial charge is 0.472 e. The summed E-state index contributed by atoms with van der Waals surface area (Å²) in [7, 11) is -9.93. The molecular formula is C87H170O17P2. The predicted molar refractivity (Wildman–Crippen MR) is 437 cm³/mol. The highest BCUT2D eigenvalue weighted by Gasteiger charge is 2.31. The molecule has 0 aliphatic carbocycles. The maximum atomic E-state index is 13.2. The van der Waals surface area contributed by atoms with Gasteiger partial charge in [0.25, 0.3) is 0 Å². The normalized spacial score (nSPS) is 14.1. The molecule has 0 rings (SSSR count). The van der Waals surface area contributed by atoms with Gasteiger partial charge in [-0.1, -0.05) is 408 Å². The van der Waals surface area contributed by atoms with Crippen LogP contribution in [0.1, 0.15) is 459 Å². The van der Waals surface area contributed by atoms with Crippen molar-refractivity contribution in [2.75, 3.05) is 39.6 Å². The van der Waals surface area contributed by atoms with E-state index in [0.717, 1.165) is 108 Å². The number of aliphatic hydroxyl groups excluding tert-OH is 1. The van der Waals surface area contributed by atoms with E-state index in [0.29, 0.717) is 31.6 Å². The Balaban J connectivity index is 5.22. The Labute approximate surface area is 651 Å². The second-order valence-electron chi connectivity index (χ2n) is 32.5. The van der Waals surface area contributed by atoms with Crippen LogP contribution in [0.4, 0.5) is 0 Å². The molecule has 0 bridgehead atoms. The van der Waals surface area contributed by atoms with Crippen molar-refractivity contribution < 1.29 is 80.2 Å². The standard InChI is InChI=1S/C87H170O17P2/c1-8-10-11-12-13-14-15-16-17-20-24-31-36-41-48-56-63-71-87(92)104-83(75-98-85(90)69-62-55-50-43-45-52-59-66-79(5)6)77-102-106(95,96)100-73-81(88)72-99-105(93,94)101-76-82(74-97-84(89)68-61-54-47-40-35-30-27-26-28-33-38-44-51-58-65-78(3)4)103-86(91)70-64-57-49-42-37-32-25-22-19-18-21-23-29-34-39-46-53-60-67-80(7)9-2/h78-83,88H,8-77H2,1-7H3,(H,93,94)(H,95,96)/t80?,81-,82-,83-/m1/s1. The van der Waals surface area contributed by atoms with Crippen molar-refractivity contribution >= 4 is 39.5 Å². The molecule has 17 nitrogen and oxygen atoms in total. The van der Waals surface area contributed by atoms with Gasteiger partial charge in [0.1, 0.15) is 19.3 Å². The molecule has 0 aliphatic rings. The quantitative estimate of drug-likeness (QED) is 0.0222. The van der Waals surface area contributed by atoms with Crippen molar-refractivity contribution in [2.45, 2.75) is 478 Å². The third-order valence-electron chi connectivity index (χ3n) is 20.7. The minimum atomic E-state index is -4.97. The SMILES string of the molecule is CCCCCCCCCCCCCCCCCCCC(=O)O[C@H](COC(=O)CCCCCCCCCC(C)C)COP(=O)(O)OC[C@H](O)COP(=O)(O)OC[C@@H](COC(=O)CCCCCCCCCCCCCCCCC(C)C)OC(=O)CCCCCCCCCCCCCCCCCCCCC(C)CC. The van der Waals surface area contributed by atoms with Gasteiger partial charge in [-0.3, -0.25) is 37.3 Å². The highest BCUT2D eigenvalue weighted by atomic mass is 31.2. The molecule has 0 aromatic heterocycles. The summed E-state index contributed by atoms with van der Waals surface area (Å²) in [5, 5.41) is 10.7. The molecule has 0 aromatic carbocycles. The van der Waals surface area contributed by atoms with E-state index in [9.17, 15) is 43.2 Å². The first kappa shape index (κ1) is 104. The number of esters is 4. The maximum Gasteiger partial charge on any atom is 0.472 e. The molecule has 0 fully saturated rings. The average molecular weight is 1550 g/mol. The zero-order valence-corrected chi connectivity index (χ0v) is 71.7. The van der Waals surface area contributed by atoms with Gasteiger partial charge in [-0.15, -0.1) is 0 Å². The minimum Gasteiger partial charge on any atom is -0.462 e. The fourth-order valence-corrected chi connectivity index (χ4v) is 15.1. The number of unbranched alkanes of at least 4 members (excludes halogenated alkanes) is 52. The van der Waals surface area contributed by atoms with Gasteiger partial charge in [-0.2, -0.15) is 0 Å². The van der Waals surface area contributed by atoms with Crippen LogP contribution in [-0.4, -0.2) is 96.7 Å². The molecule has 3 N–H and O–H groups in total. The van der Waals surface area contributed by atoms with Crippen LogP contribution < -0.4 is 0 Å². The topological polar surface area (TPSA) is 237 Å². The number of carbonyl (C=O) groups is 4. The van der Waals surface area contributed by atoms with Gasteiger partial charge in [-0.25, -0.2) is 9.13 Å². The highest BCUT2D eigenvalue weighted by molar-refractivity contribution is 7.47. The Morgan fingerprint density at radius 2 is 0.481 bits per heavy atom. The molecule has 6 atom stereocenters. The minimum absolute atomic E-state index is 0.108. The van der Waals surface area contributed by atoms with Crippen LogP contribution in [0.2, 0.25) is 0 Å². The van der Waals surface area contributed by atoms with E-state index in [4.69, 9.17) is 37.0 Å². The summed E-state index contributed by atoms with van der Waals surface area (Å²) < 4.78 is 68.9. The van der Waals surface area contributed by atoms with Crippen molar-refractivity contribution in [1.82, 2.24) is 0 Å². The first-order valence-electron chi connectivity index (χ1n) is 44.9. The van der Waals surface area contributed by atoms with Crippen LogP contribution in [0.15, 0.2) is 0 Å². The molecule has 0 heterocycles. The zero-order chi connectivity index (χ0) is 77.9. The van der Waals surface area contributed by atoms with Crippen LogP contribution in [0.5, 0.6) is 0 Å². The van der Waals surface area contributed by atoms with E-state index < -0.39 is 97.5 Å². The van der Waals surface area contributed by atoms with Crippen molar-refractivity contribution in [1.29, 1.82) is 0 Å². The molecule has 106 heavy (non-hydrogen) atoms. The number of phosphoric acid groups is 2. The summed E-state index contributed by atoms with van der Waals surface area (Å²) in [6, 6.07) is 0. The summed E-state index contributed by atoms with van der Waals surface area (Å²) in [5.41, 5.74) is 0. The zero-order valence-electron chi connectivity index (χ0n) is 69.9. The smallest absolute Gasteiger partial charge is 0.462 e. The molecule has 0 aliphatic heterocycles. The molecule has 0 radical (unpaired) electrons. The van der Waals surface area contributed by atoms with Crippen LogP contribution in [-0.2, 0) is 65.4 Å². The summed E-state index contributed by atoms with van der Waals surface area (Å²) in [6.45, 7) is 12.0. The highest BCUT2D eigenvalue weighted by Crippen LogP contribution is 2.45. The summed E-state index contributed by atoms with van der Waals surface area (Å²) in [4.78, 5) is 73.2. The lowest BCUT2D eigenvalue weighted by molar-refractivity contribution is -0.161. The maximum absolute atomic E-state index is 13.2. The number of hydrogen-bond acceptors (Lipinski definition) is 15. The van der Waals surface area contributed by atoms with Gasteiger partial charge < -0.3 is 33.8 Å². The van der Waals surface area contributed by atoms with E-state index in [1.54, 1.807) is 0 Å². The molecule has 0 saturated carbocycles. The lowest BCUT2D eigenvalue weighted by Gasteiger charge is -2.21. The number of ether oxygens (including phenoxy) is 4. The molecule has 3 unspecified atom stereocenters. The first-order valence-corrected chi connectivity index (χ1v) is 47.9. The number of carbonyl (C=O) groups excluding carboxylic acids is 4. The summed E-state index contributed by atoms with van der Waals surface area (Å²) in [6.07, 6.45) is 68.1. The summed E-state index contributed by atoms with van der Waals surface area (Å²) in [5.74, 6) is 0.271. The fraction of sp³-hybridized carbons (Fsp3) is 0.954. The van der Waals surface area contributed by atoms with E-state index in [1.807, 2.05) is 0 Å². The molecule has 0 amide bonds. The van der Waals surface area contributed by atoms with E-state index in [-0.39, 0.29) is 25.7 Å². The first-order chi connectivity index (χ1) is 51.3. The van der Waals surface area contributed by atoms with Crippen LogP contribution in [0.25, 0.3) is 0 Å². The Kier molecular flexibility index (Phi) is 75.6. The molecule has 630 valence electrons. The average Bonchev–Trinajstić information content (AvgIpc) is 0.901. The molecule has 0 spiro atoms. The van der Waals surface area contributed by atoms with Gasteiger partial charge >= 0.3 is 39.5 Å². The van der Waals surface area contributed by atoms with Crippen molar-refractivity contribution in [3.63, 3.8) is 0 Å². The lowest BCUT2D eigenvalue weighted by atomic mass is 9.99. The third-order valence-corrected chi connectivity index (χ3v) is 22.6. The molecular weight excluding hydrogens is 1380 g/mol. The molecule has 0 saturated heterocycles. The summed E-state index contributed by atoms with van der Waals surface area (Å²) >= 11 is 0. The van der Waals surface area contributed by atoms with Gasteiger partial charge in [0.2, 0.25) is 0 Å². The van der Waals surface area contributed by atoms with Gasteiger partial charge in [0, 0.05) is 25.7 Å².